The Morgan fingerprint density at radius 2 is 2.11 bits per heavy atom. The van der Waals surface area contributed by atoms with Crippen molar-refractivity contribution < 1.29 is 9.13 Å². The van der Waals surface area contributed by atoms with Gasteiger partial charge in [0.1, 0.15) is 0 Å². The first-order valence-corrected chi connectivity index (χ1v) is 6.88. The van der Waals surface area contributed by atoms with Gasteiger partial charge in [-0.2, -0.15) is 0 Å². The van der Waals surface area contributed by atoms with Crippen LogP contribution in [0.4, 0.5) is 15.8 Å². The van der Waals surface area contributed by atoms with Gasteiger partial charge in [0.2, 0.25) is 0 Å². The van der Waals surface area contributed by atoms with E-state index in [0.717, 1.165) is 18.8 Å². The summed E-state index contributed by atoms with van der Waals surface area (Å²) in [5, 5.41) is 3.25. The van der Waals surface area contributed by atoms with E-state index in [9.17, 15) is 4.39 Å². The Labute approximate surface area is 113 Å². The number of nitrogens with one attached hydrogen (secondary N) is 1. The Morgan fingerprint density at radius 3 is 2.79 bits per heavy atom. The standard InChI is InChI=1S/C14H22FN3O/c1-2-19-14-10-13(12(16)9-11(14)15)17-5-8-18-6-3-4-7-18/h9-10,17H,2-8,16H2,1H3. The SMILES string of the molecule is CCOc1cc(NCCN2CCCC2)c(N)cc1F. The zero-order valence-corrected chi connectivity index (χ0v) is 11.4. The average Bonchev–Trinajstić information content (AvgIpc) is 2.88. The predicted octanol–water partition coefficient (Wildman–Crippen LogP) is 2.31. The molecule has 0 spiro atoms. The molecule has 1 aromatic rings. The fourth-order valence-electron chi connectivity index (χ4n) is 2.34. The largest absolute Gasteiger partial charge is 0.491 e. The highest BCUT2D eigenvalue weighted by molar-refractivity contribution is 5.68. The smallest absolute Gasteiger partial charge is 0.167 e. The molecule has 0 atom stereocenters. The van der Waals surface area contributed by atoms with Crippen LogP contribution in [0.5, 0.6) is 5.75 Å². The van der Waals surface area contributed by atoms with Gasteiger partial charge >= 0.3 is 0 Å². The molecule has 0 unspecified atom stereocenters. The van der Waals surface area contributed by atoms with Crippen molar-refractivity contribution in [3.8, 4) is 5.75 Å². The molecule has 1 aliphatic rings. The van der Waals surface area contributed by atoms with Crippen LogP contribution in [-0.4, -0.2) is 37.7 Å². The molecule has 0 bridgehead atoms. The van der Waals surface area contributed by atoms with E-state index in [4.69, 9.17) is 10.5 Å². The lowest BCUT2D eigenvalue weighted by atomic mass is 10.2. The normalized spacial score (nSPS) is 15.7. The van der Waals surface area contributed by atoms with Crippen LogP contribution in [0.15, 0.2) is 12.1 Å². The molecule has 1 aliphatic heterocycles. The summed E-state index contributed by atoms with van der Waals surface area (Å²) in [7, 11) is 0. The summed E-state index contributed by atoms with van der Waals surface area (Å²) in [6.45, 7) is 6.40. The molecule has 0 saturated carbocycles. The molecule has 2 rings (SSSR count). The van der Waals surface area contributed by atoms with Crippen LogP contribution in [0, 0.1) is 5.82 Å². The Kier molecular flexibility index (Phi) is 4.85. The van der Waals surface area contributed by atoms with E-state index >= 15 is 0 Å². The number of hydrogen-bond acceptors (Lipinski definition) is 4. The molecule has 4 nitrogen and oxygen atoms in total. The van der Waals surface area contributed by atoms with E-state index in [0.29, 0.717) is 12.3 Å². The van der Waals surface area contributed by atoms with Crippen molar-refractivity contribution in [1.29, 1.82) is 0 Å². The second-order valence-corrected chi connectivity index (χ2v) is 4.78. The third kappa shape index (κ3) is 3.73. The predicted molar refractivity (Wildman–Crippen MR) is 76.1 cm³/mol. The molecule has 0 amide bonds. The zero-order valence-electron chi connectivity index (χ0n) is 11.4. The van der Waals surface area contributed by atoms with Crippen molar-refractivity contribution in [3.63, 3.8) is 0 Å². The van der Waals surface area contributed by atoms with Gasteiger partial charge in [-0.15, -0.1) is 0 Å². The highest BCUT2D eigenvalue weighted by atomic mass is 19.1. The number of ether oxygens (including phenoxy) is 1. The first-order valence-electron chi connectivity index (χ1n) is 6.88. The van der Waals surface area contributed by atoms with E-state index in [1.165, 1.54) is 32.0 Å². The molecule has 106 valence electrons. The van der Waals surface area contributed by atoms with Gasteiger partial charge in [0, 0.05) is 25.2 Å². The summed E-state index contributed by atoms with van der Waals surface area (Å²) >= 11 is 0. The number of nitrogens with zero attached hydrogens (tertiary/aromatic N) is 1. The molecule has 1 saturated heterocycles. The summed E-state index contributed by atoms with van der Waals surface area (Å²) in [6, 6.07) is 2.95. The maximum Gasteiger partial charge on any atom is 0.167 e. The number of nitrogen functional groups attached to an aromatic ring is 1. The minimum Gasteiger partial charge on any atom is -0.491 e. The minimum atomic E-state index is -0.413. The number of rotatable bonds is 6. The summed E-state index contributed by atoms with van der Waals surface area (Å²) in [6.07, 6.45) is 2.57. The van der Waals surface area contributed by atoms with Crippen LogP contribution in [0.1, 0.15) is 19.8 Å². The fourth-order valence-corrected chi connectivity index (χ4v) is 2.34. The molecule has 0 aromatic heterocycles. The number of nitrogens with two attached hydrogens (primary N) is 1. The Morgan fingerprint density at radius 1 is 1.37 bits per heavy atom. The lowest BCUT2D eigenvalue weighted by Crippen LogP contribution is -2.26. The molecular formula is C14H22FN3O. The van der Waals surface area contributed by atoms with Crippen molar-refractivity contribution in [2.24, 2.45) is 0 Å². The first-order chi connectivity index (χ1) is 9.20. The number of likely N-dealkylation sites (tertiary alicyclic amines) is 1. The fraction of sp³-hybridized carbons (Fsp3) is 0.571. The van der Waals surface area contributed by atoms with Gasteiger partial charge in [-0.05, 0) is 32.9 Å². The van der Waals surface area contributed by atoms with Gasteiger partial charge < -0.3 is 20.7 Å². The highest BCUT2D eigenvalue weighted by Gasteiger charge is 2.12. The minimum absolute atomic E-state index is 0.250. The topological polar surface area (TPSA) is 50.5 Å². The maximum atomic E-state index is 13.5. The molecule has 5 heteroatoms. The summed E-state index contributed by atoms with van der Waals surface area (Å²) in [5.74, 6) is -0.162. The van der Waals surface area contributed by atoms with Crippen LogP contribution in [0.3, 0.4) is 0 Å². The van der Waals surface area contributed by atoms with Crippen LogP contribution < -0.4 is 15.8 Å². The molecule has 1 fully saturated rings. The van der Waals surface area contributed by atoms with Crippen molar-refractivity contribution in [2.75, 3.05) is 43.8 Å². The third-order valence-corrected chi connectivity index (χ3v) is 3.35. The van der Waals surface area contributed by atoms with Gasteiger partial charge in [-0.25, -0.2) is 4.39 Å². The van der Waals surface area contributed by atoms with E-state index in [-0.39, 0.29) is 5.75 Å². The van der Waals surface area contributed by atoms with Crippen molar-refractivity contribution in [3.05, 3.63) is 17.9 Å². The number of anilines is 2. The lowest BCUT2D eigenvalue weighted by molar-refractivity contribution is 0.322. The highest BCUT2D eigenvalue weighted by Crippen LogP contribution is 2.28. The van der Waals surface area contributed by atoms with E-state index in [1.54, 1.807) is 6.07 Å². The van der Waals surface area contributed by atoms with Crippen LogP contribution in [0.25, 0.3) is 0 Å². The van der Waals surface area contributed by atoms with E-state index in [2.05, 4.69) is 10.2 Å². The second-order valence-electron chi connectivity index (χ2n) is 4.78. The monoisotopic (exact) mass is 267 g/mol. The Bertz CT molecular complexity index is 419. The van der Waals surface area contributed by atoms with Crippen molar-refractivity contribution in [2.45, 2.75) is 19.8 Å². The maximum absolute atomic E-state index is 13.5. The summed E-state index contributed by atoms with van der Waals surface area (Å²) in [4.78, 5) is 2.41. The van der Waals surface area contributed by atoms with Crippen LogP contribution >= 0.6 is 0 Å². The van der Waals surface area contributed by atoms with Gasteiger partial charge in [0.05, 0.1) is 18.0 Å². The molecule has 19 heavy (non-hydrogen) atoms. The van der Waals surface area contributed by atoms with Gasteiger partial charge in [-0.3, -0.25) is 0 Å². The Hall–Kier alpha value is -1.49. The van der Waals surface area contributed by atoms with E-state index in [1.807, 2.05) is 6.92 Å². The van der Waals surface area contributed by atoms with Gasteiger partial charge in [0.25, 0.3) is 0 Å². The number of halogens is 1. The van der Waals surface area contributed by atoms with E-state index < -0.39 is 5.82 Å². The van der Waals surface area contributed by atoms with Gasteiger partial charge in [0.15, 0.2) is 11.6 Å². The van der Waals surface area contributed by atoms with Crippen LogP contribution in [-0.2, 0) is 0 Å². The molecule has 0 aliphatic carbocycles. The van der Waals surface area contributed by atoms with Gasteiger partial charge in [-0.1, -0.05) is 0 Å². The Balaban J connectivity index is 1.92. The molecule has 1 aromatic carbocycles. The van der Waals surface area contributed by atoms with Crippen molar-refractivity contribution >= 4 is 11.4 Å². The first kappa shape index (κ1) is 13.9. The summed E-state index contributed by atoms with van der Waals surface area (Å²) < 4.78 is 18.8. The molecule has 0 radical (unpaired) electrons. The third-order valence-electron chi connectivity index (χ3n) is 3.35. The average molecular weight is 267 g/mol. The zero-order chi connectivity index (χ0) is 13.7. The van der Waals surface area contributed by atoms with Crippen LogP contribution in [0.2, 0.25) is 0 Å². The number of benzene rings is 1. The lowest BCUT2D eigenvalue weighted by Gasteiger charge is -2.17. The molecule has 3 N–H and O–H groups in total. The summed E-state index contributed by atoms with van der Waals surface area (Å²) in [5.41, 5.74) is 6.97. The number of hydrogen-bond donors (Lipinski definition) is 2. The van der Waals surface area contributed by atoms with Crippen molar-refractivity contribution in [1.82, 2.24) is 4.90 Å². The molecular weight excluding hydrogens is 245 g/mol. The quantitative estimate of drug-likeness (QED) is 0.777. The second kappa shape index (κ2) is 6.61. The molecule has 1 heterocycles.